The summed E-state index contributed by atoms with van der Waals surface area (Å²) in [7, 11) is 0. The summed E-state index contributed by atoms with van der Waals surface area (Å²) in [6.45, 7) is 5.78. The molecule has 0 aliphatic carbocycles. The van der Waals surface area contributed by atoms with Crippen molar-refractivity contribution in [3.05, 3.63) is 48.6 Å². The van der Waals surface area contributed by atoms with Gasteiger partial charge in [-0.2, -0.15) is 0 Å². The summed E-state index contributed by atoms with van der Waals surface area (Å²) in [6, 6.07) is 9.66. The minimum absolute atomic E-state index is 0.105. The van der Waals surface area contributed by atoms with Crippen LogP contribution in [0.15, 0.2) is 43.0 Å². The molecule has 2 nitrogen and oxygen atoms in total. The maximum Gasteiger partial charge on any atom is 0.309 e. The average Bonchev–Trinajstić information content (AvgIpc) is 2.27. The molecular formula is C13H16O2. The van der Waals surface area contributed by atoms with Crippen LogP contribution in [0.25, 0.3) is 0 Å². The summed E-state index contributed by atoms with van der Waals surface area (Å²) in [4.78, 5) is 11.4. The Kier molecular flexibility index (Phi) is 4.61. The Morgan fingerprint density at radius 3 is 2.73 bits per heavy atom. The van der Waals surface area contributed by atoms with Gasteiger partial charge in [-0.3, -0.25) is 4.79 Å². The van der Waals surface area contributed by atoms with Crippen LogP contribution in [0.1, 0.15) is 18.9 Å². The Balaban J connectivity index is 2.37. The summed E-state index contributed by atoms with van der Waals surface area (Å²) in [5.41, 5.74) is 1.01. The molecule has 15 heavy (non-hydrogen) atoms. The van der Waals surface area contributed by atoms with Crippen molar-refractivity contribution in [1.29, 1.82) is 0 Å². The van der Waals surface area contributed by atoms with E-state index in [0.29, 0.717) is 13.0 Å². The van der Waals surface area contributed by atoms with E-state index in [1.54, 1.807) is 6.08 Å². The van der Waals surface area contributed by atoms with Gasteiger partial charge in [0.1, 0.15) is 6.61 Å². The van der Waals surface area contributed by atoms with Crippen LogP contribution in [0, 0.1) is 5.92 Å². The molecule has 0 spiro atoms. The van der Waals surface area contributed by atoms with Crippen molar-refractivity contribution in [3.63, 3.8) is 0 Å². The lowest BCUT2D eigenvalue weighted by atomic mass is 10.1. The van der Waals surface area contributed by atoms with Gasteiger partial charge in [0.25, 0.3) is 0 Å². The van der Waals surface area contributed by atoms with E-state index in [1.165, 1.54) is 0 Å². The van der Waals surface area contributed by atoms with Crippen molar-refractivity contribution in [2.45, 2.75) is 20.0 Å². The molecule has 1 rings (SSSR count). The highest BCUT2D eigenvalue weighted by atomic mass is 16.5. The van der Waals surface area contributed by atoms with Gasteiger partial charge in [-0.25, -0.2) is 0 Å². The summed E-state index contributed by atoms with van der Waals surface area (Å²) in [5.74, 6) is -0.273. The maximum atomic E-state index is 11.4. The Morgan fingerprint density at radius 2 is 2.13 bits per heavy atom. The van der Waals surface area contributed by atoms with Gasteiger partial charge < -0.3 is 4.74 Å². The second-order valence-electron chi connectivity index (χ2n) is 3.52. The van der Waals surface area contributed by atoms with Crippen LogP contribution < -0.4 is 0 Å². The second kappa shape index (κ2) is 6.02. The molecule has 2 heteroatoms. The predicted octanol–water partition coefficient (Wildman–Crippen LogP) is 2.94. The molecule has 0 unspecified atom stereocenters. The zero-order chi connectivity index (χ0) is 11.1. The zero-order valence-corrected chi connectivity index (χ0v) is 8.98. The lowest BCUT2D eigenvalue weighted by Gasteiger charge is -2.09. The minimum Gasteiger partial charge on any atom is -0.461 e. The normalized spacial score (nSPS) is 11.8. The van der Waals surface area contributed by atoms with E-state index >= 15 is 0 Å². The van der Waals surface area contributed by atoms with E-state index in [-0.39, 0.29) is 11.9 Å². The molecule has 0 bridgehead atoms. The highest BCUT2D eigenvalue weighted by molar-refractivity contribution is 5.72. The lowest BCUT2D eigenvalue weighted by molar-refractivity contribution is -0.149. The Hall–Kier alpha value is -1.57. The van der Waals surface area contributed by atoms with Crippen molar-refractivity contribution < 1.29 is 9.53 Å². The van der Waals surface area contributed by atoms with E-state index in [1.807, 2.05) is 37.3 Å². The first-order valence-electron chi connectivity index (χ1n) is 5.05. The fraction of sp³-hybridized carbons (Fsp3) is 0.308. The standard InChI is InChI=1S/C13H16O2/c1-3-7-11(2)13(14)15-10-12-8-5-4-6-9-12/h3-6,8-9,11H,1,7,10H2,2H3/t11-/m1/s1. The molecule has 0 amide bonds. The van der Waals surface area contributed by atoms with Crippen LogP contribution in [0.2, 0.25) is 0 Å². The number of esters is 1. The predicted molar refractivity (Wildman–Crippen MR) is 60.2 cm³/mol. The summed E-state index contributed by atoms with van der Waals surface area (Å²) >= 11 is 0. The fourth-order valence-corrected chi connectivity index (χ4v) is 1.22. The van der Waals surface area contributed by atoms with Crippen molar-refractivity contribution in [2.75, 3.05) is 0 Å². The van der Waals surface area contributed by atoms with E-state index in [9.17, 15) is 4.79 Å². The van der Waals surface area contributed by atoms with E-state index in [0.717, 1.165) is 5.56 Å². The van der Waals surface area contributed by atoms with Crippen LogP contribution in [0.4, 0.5) is 0 Å². The van der Waals surface area contributed by atoms with Crippen molar-refractivity contribution in [1.82, 2.24) is 0 Å². The van der Waals surface area contributed by atoms with Gasteiger partial charge in [0.2, 0.25) is 0 Å². The molecule has 0 heterocycles. The van der Waals surface area contributed by atoms with E-state index in [4.69, 9.17) is 4.74 Å². The van der Waals surface area contributed by atoms with Crippen LogP contribution in [0.5, 0.6) is 0 Å². The van der Waals surface area contributed by atoms with Gasteiger partial charge in [-0.15, -0.1) is 6.58 Å². The van der Waals surface area contributed by atoms with Gasteiger partial charge in [-0.1, -0.05) is 43.3 Å². The Labute approximate surface area is 90.6 Å². The zero-order valence-electron chi connectivity index (χ0n) is 8.98. The third kappa shape index (κ3) is 3.98. The van der Waals surface area contributed by atoms with Crippen molar-refractivity contribution in [3.8, 4) is 0 Å². The van der Waals surface area contributed by atoms with Crippen LogP contribution in [-0.2, 0) is 16.1 Å². The van der Waals surface area contributed by atoms with Gasteiger partial charge >= 0.3 is 5.97 Å². The second-order valence-corrected chi connectivity index (χ2v) is 3.52. The highest BCUT2D eigenvalue weighted by Crippen LogP contribution is 2.07. The van der Waals surface area contributed by atoms with Crippen molar-refractivity contribution in [2.24, 2.45) is 5.92 Å². The molecule has 0 radical (unpaired) electrons. The minimum atomic E-state index is -0.168. The molecular weight excluding hydrogens is 188 g/mol. The first-order valence-corrected chi connectivity index (χ1v) is 5.05. The maximum absolute atomic E-state index is 11.4. The first kappa shape index (κ1) is 11.5. The number of benzene rings is 1. The van der Waals surface area contributed by atoms with Gasteiger partial charge in [0.05, 0.1) is 5.92 Å². The third-order valence-corrected chi connectivity index (χ3v) is 2.15. The number of allylic oxidation sites excluding steroid dienone is 1. The number of hydrogen-bond acceptors (Lipinski definition) is 2. The molecule has 0 aliphatic rings. The quantitative estimate of drug-likeness (QED) is 0.544. The molecule has 0 saturated heterocycles. The highest BCUT2D eigenvalue weighted by Gasteiger charge is 2.12. The molecule has 80 valence electrons. The first-order chi connectivity index (χ1) is 7.24. The largest absolute Gasteiger partial charge is 0.461 e. The SMILES string of the molecule is C=CC[C@@H](C)C(=O)OCc1ccccc1. The lowest BCUT2D eigenvalue weighted by Crippen LogP contribution is -2.13. The summed E-state index contributed by atoms with van der Waals surface area (Å²) in [5, 5.41) is 0. The van der Waals surface area contributed by atoms with Gasteiger partial charge in [0, 0.05) is 0 Å². The number of carbonyl (C=O) groups is 1. The molecule has 0 fully saturated rings. The van der Waals surface area contributed by atoms with Gasteiger partial charge in [-0.05, 0) is 12.0 Å². The molecule has 1 atom stereocenters. The summed E-state index contributed by atoms with van der Waals surface area (Å²) in [6.07, 6.45) is 2.39. The number of hydrogen-bond donors (Lipinski definition) is 0. The van der Waals surface area contributed by atoms with Crippen LogP contribution in [0.3, 0.4) is 0 Å². The Bertz CT molecular complexity index is 317. The third-order valence-electron chi connectivity index (χ3n) is 2.15. The molecule has 0 saturated carbocycles. The number of rotatable bonds is 5. The smallest absolute Gasteiger partial charge is 0.309 e. The van der Waals surface area contributed by atoms with E-state index < -0.39 is 0 Å². The molecule has 0 aromatic heterocycles. The van der Waals surface area contributed by atoms with Crippen LogP contribution >= 0.6 is 0 Å². The summed E-state index contributed by atoms with van der Waals surface area (Å²) < 4.78 is 5.16. The monoisotopic (exact) mass is 204 g/mol. The average molecular weight is 204 g/mol. The van der Waals surface area contributed by atoms with Gasteiger partial charge in [0.15, 0.2) is 0 Å². The molecule has 0 N–H and O–H groups in total. The number of carbonyl (C=O) groups excluding carboxylic acids is 1. The van der Waals surface area contributed by atoms with E-state index in [2.05, 4.69) is 6.58 Å². The molecule has 1 aromatic rings. The van der Waals surface area contributed by atoms with Crippen molar-refractivity contribution >= 4 is 5.97 Å². The molecule has 1 aromatic carbocycles. The fourth-order valence-electron chi connectivity index (χ4n) is 1.22. The molecule has 0 aliphatic heterocycles. The topological polar surface area (TPSA) is 26.3 Å². The number of ether oxygens (including phenoxy) is 1. The van der Waals surface area contributed by atoms with Crippen LogP contribution in [-0.4, -0.2) is 5.97 Å². The Morgan fingerprint density at radius 1 is 1.47 bits per heavy atom.